The first-order valence-electron chi connectivity index (χ1n) is 9.49. The lowest BCUT2D eigenvalue weighted by molar-refractivity contribution is -0.138. The Morgan fingerprint density at radius 1 is 1.00 bits per heavy atom. The number of hydrogen-bond donors (Lipinski definition) is 2. The van der Waals surface area contributed by atoms with Crippen molar-refractivity contribution in [3.63, 3.8) is 0 Å². The Kier molecular flexibility index (Phi) is 6.63. The minimum atomic E-state index is -3.61. The van der Waals surface area contributed by atoms with Crippen LogP contribution in [0.5, 0.6) is 0 Å². The van der Waals surface area contributed by atoms with Crippen LogP contribution in [0.1, 0.15) is 17.5 Å². The van der Waals surface area contributed by atoms with Gasteiger partial charge in [0.05, 0.1) is 5.75 Å². The molecule has 158 valence electrons. The van der Waals surface area contributed by atoms with Gasteiger partial charge in [-0.3, -0.25) is 14.4 Å². The molecule has 2 amide bonds. The van der Waals surface area contributed by atoms with Gasteiger partial charge < -0.3 is 11.1 Å². The molecule has 1 saturated heterocycles. The van der Waals surface area contributed by atoms with Crippen molar-refractivity contribution in [2.45, 2.75) is 31.5 Å². The average molecular weight is 429 g/mol. The Hall–Kier alpha value is -3.04. The Balaban J connectivity index is 1.79. The molecular formula is C21H23N3O5S. The summed E-state index contributed by atoms with van der Waals surface area (Å²) in [4.78, 5) is 36.7. The Bertz CT molecular complexity index is 1030. The van der Waals surface area contributed by atoms with Gasteiger partial charge in [0.2, 0.25) is 21.7 Å². The minimum absolute atomic E-state index is 0.0500. The van der Waals surface area contributed by atoms with Crippen LogP contribution in [0.3, 0.4) is 0 Å². The first-order chi connectivity index (χ1) is 14.3. The normalized spacial score (nSPS) is 19.1. The lowest BCUT2D eigenvalue weighted by atomic mass is 10.0. The number of amides is 2. The van der Waals surface area contributed by atoms with Gasteiger partial charge in [-0.25, -0.2) is 8.42 Å². The summed E-state index contributed by atoms with van der Waals surface area (Å²) < 4.78 is 26.2. The molecule has 0 saturated carbocycles. The standard InChI is InChI=1S/C21H23N3O5S/c22-20(26)19(25)17(13-15-7-3-1-4-8-15)23-21(27)18-11-12-30(28,29)24(18)14-16-9-5-2-6-10-16/h1-10,17-18H,11-14H2,(H2,22,26)(H,23,27)/t17?,18-/m0/s1. The fraction of sp³-hybridized carbons (Fsp3) is 0.286. The average Bonchev–Trinajstić information content (AvgIpc) is 3.02. The van der Waals surface area contributed by atoms with E-state index in [-0.39, 0.29) is 25.1 Å². The maximum Gasteiger partial charge on any atom is 0.287 e. The monoisotopic (exact) mass is 429 g/mol. The second-order valence-corrected chi connectivity index (χ2v) is 9.17. The summed E-state index contributed by atoms with van der Waals surface area (Å²) in [5.74, 6) is -2.87. The third-order valence-corrected chi connectivity index (χ3v) is 6.85. The van der Waals surface area contributed by atoms with Crippen molar-refractivity contribution >= 4 is 27.6 Å². The van der Waals surface area contributed by atoms with Crippen molar-refractivity contribution in [1.82, 2.24) is 9.62 Å². The molecule has 1 aliphatic rings. The van der Waals surface area contributed by atoms with E-state index in [1.54, 1.807) is 54.6 Å². The highest BCUT2D eigenvalue weighted by molar-refractivity contribution is 7.89. The van der Waals surface area contributed by atoms with E-state index in [1.165, 1.54) is 0 Å². The van der Waals surface area contributed by atoms with Crippen molar-refractivity contribution in [3.05, 3.63) is 71.8 Å². The van der Waals surface area contributed by atoms with Crippen LogP contribution in [-0.4, -0.2) is 48.2 Å². The molecule has 9 heteroatoms. The summed E-state index contributed by atoms with van der Waals surface area (Å²) in [6, 6.07) is 15.7. The second kappa shape index (κ2) is 9.19. The number of nitrogens with two attached hydrogens (primary N) is 1. The molecule has 3 N–H and O–H groups in total. The molecule has 30 heavy (non-hydrogen) atoms. The molecule has 1 aliphatic heterocycles. The van der Waals surface area contributed by atoms with E-state index in [1.807, 2.05) is 6.07 Å². The van der Waals surface area contributed by atoms with Crippen LogP contribution in [-0.2, 0) is 37.4 Å². The predicted molar refractivity (Wildman–Crippen MR) is 110 cm³/mol. The number of carbonyl (C=O) groups is 3. The summed E-state index contributed by atoms with van der Waals surface area (Å²) in [7, 11) is -3.61. The summed E-state index contributed by atoms with van der Waals surface area (Å²) in [5.41, 5.74) is 6.63. The SMILES string of the molecule is NC(=O)C(=O)C(Cc1ccccc1)NC(=O)[C@@H]1CCS(=O)(=O)N1Cc1ccccc1. The number of primary amides is 1. The molecule has 2 aromatic rings. The third-order valence-electron chi connectivity index (χ3n) is 5.00. The Labute approximate surface area is 175 Å². The van der Waals surface area contributed by atoms with Gasteiger partial charge in [0.1, 0.15) is 12.1 Å². The smallest absolute Gasteiger partial charge is 0.287 e. The zero-order valence-electron chi connectivity index (χ0n) is 16.2. The molecule has 1 unspecified atom stereocenters. The van der Waals surface area contributed by atoms with Crippen molar-refractivity contribution in [1.29, 1.82) is 0 Å². The number of nitrogens with zero attached hydrogens (tertiary/aromatic N) is 1. The number of rotatable bonds is 8. The van der Waals surface area contributed by atoms with E-state index in [0.29, 0.717) is 0 Å². The molecule has 2 atom stereocenters. The summed E-state index contributed by atoms with van der Waals surface area (Å²) in [6.45, 7) is 0.0500. The van der Waals surface area contributed by atoms with E-state index < -0.39 is 39.7 Å². The zero-order valence-corrected chi connectivity index (χ0v) is 17.0. The number of benzene rings is 2. The number of ketones is 1. The molecule has 8 nitrogen and oxygen atoms in total. The van der Waals surface area contributed by atoms with Gasteiger partial charge in [-0.2, -0.15) is 4.31 Å². The van der Waals surface area contributed by atoms with Crippen LogP contribution in [0.4, 0.5) is 0 Å². The quantitative estimate of drug-likeness (QED) is 0.587. The van der Waals surface area contributed by atoms with Gasteiger partial charge in [0, 0.05) is 13.0 Å². The number of sulfonamides is 1. The first kappa shape index (κ1) is 21.7. The van der Waals surface area contributed by atoms with E-state index in [0.717, 1.165) is 15.4 Å². The van der Waals surface area contributed by atoms with Crippen molar-refractivity contribution in [2.75, 3.05) is 5.75 Å². The van der Waals surface area contributed by atoms with Crippen LogP contribution in [0.15, 0.2) is 60.7 Å². The maximum atomic E-state index is 12.9. The molecule has 0 aromatic heterocycles. The molecule has 1 fully saturated rings. The first-order valence-corrected chi connectivity index (χ1v) is 11.1. The van der Waals surface area contributed by atoms with Gasteiger partial charge >= 0.3 is 0 Å². The van der Waals surface area contributed by atoms with Gasteiger partial charge in [-0.15, -0.1) is 0 Å². The second-order valence-electron chi connectivity index (χ2n) is 7.13. The van der Waals surface area contributed by atoms with Crippen molar-refractivity contribution < 1.29 is 22.8 Å². The number of hydrogen-bond acceptors (Lipinski definition) is 5. The van der Waals surface area contributed by atoms with E-state index in [9.17, 15) is 22.8 Å². The fourth-order valence-corrected chi connectivity index (χ4v) is 5.14. The Morgan fingerprint density at radius 3 is 2.13 bits per heavy atom. The van der Waals surface area contributed by atoms with Crippen LogP contribution >= 0.6 is 0 Å². The summed E-state index contributed by atoms with van der Waals surface area (Å²) >= 11 is 0. The molecule has 3 rings (SSSR count). The molecule has 0 radical (unpaired) electrons. The predicted octanol–water partition coefficient (Wildman–Crippen LogP) is 0.373. The van der Waals surface area contributed by atoms with Gasteiger partial charge in [-0.05, 0) is 17.5 Å². The molecule has 0 bridgehead atoms. The maximum absolute atomic E-state index is 12.9. The number of nitrogens with one attached hydrogen (secondary N) is 1. The largest absolute Gasteiger partial charge is 0.363 e. The summed E-state index contributed by atoms with van der Waals surface area (Å²) in [6.07, 6.45) is 0.177. The molecule has 1 heterocycles. The van der Waals surface area contributed by atoms with Gasteiger partial charge in [-0.1, -0.05) is 60.7 Å². The van der Waals surface area contributed by atoms with E-state index in [2.05, 4.69) is 5.32 Å². The van der Waals surface area contributed by atoms with Gasteiger partial charge in [0.15, 0.2) is 0 Å². The molecule has 0 aliphatic carbocycles. The van der Waals surface area contributed by atoms with Crippen LogP contribution in [0, 0.1) is 0 Å². The number of Topliss-reactive ketones (excluding diaryl/α,β-unsaturated/α-hetero) is 1. The highest BCUT2D eigenvalue weighted by atomic mass is 32.2. The van der Waals surface area contributed by atoms with Crippen LogP contribution in [0.2, 0.25) is 0 Å². The molecule has 2 aromatic carbocycles. The van der Waals surface area contributed by atoms with Crippen molar-refractivity contribution in [2.24, 2.45) is 5.73 Å². The highest BCUT2D eigenvalue weighted by Gasteiger charge is 2.42. The fourth-order valence-electron chi connectivity index (χ4n) is 3.45. The van der Waals surface area contributed by atoms with Crippen LogP contribution in [0.25, 0.3) is 0 Å². The minimum Gasteiger partial charge on any atom is -0.363 e. The number of carbonyl (C=O) groups excluding carboxylic acids is 3. The van der Waals surface area contributed by atoms with Crippen molar-refractivity contribution in [3.8, 4) is 0 Å². The van der Waals surface area contributed by atoms with E-state index in [4.69, 9.17) is 5.73 Å². The highest BCUT2D eigenvalue weighted by Crippen LogP contribution is 2.24. The third kappa shape index (κ3) is 5.11. The van der Waals surface area contributed by atoms with Crippen LogP contribution < -0.4 is 11.1 Å². The van der Waals surface area contributed by atoms with Gasteiger partial charge in [0.25, 0.3) is 5.91 Å². The topological polar surface area (TPSA) is 127 Å². The summed E-state index contributed by atoms with van der Waals surface area (Å²) in [5, 5.41) is 2.55. The molecular weight excluding hydrogens is 406 g/mol. The zero-order chi connectivity index (χ0) is 21.7. The molecule has 0 spiro atoms. The Morgan fingerprint density at radius 2 is 1.57 bits per heavy atom. The lowest BCUT2D eigenvalue weighted by Gasteiger charge is -2.24. The van der Waals surface area contributed by atoms with E-state index >= 15 is 0 Å². The lowest BCUT2D eigenvalue weighted by Crippen LogP contribution is -2.52.